The van der Waals surface area contributed by atoms with Crippen molar-refractivity contribution in [2.45, 2.75) is 77.5 Å². The van der Waals surface area contributed by atoms with Crippen LogP contribution < -0.4 is 9.50 Å². The minimum Gasteiger partial charge on any atom is -0.444 e. The molecule has 4 rings (SSSR count). The van der Waals surface area contributed by atoms with E-state index in [9.17, 15) is 26.4 Å². The molecular formula is C27H36F3N5O5S. The number of hydrogen-bond donors (Lipinski definition) is 1. The van der Waals surface area contributed by atoms with Gasteiger partial charge in [-0.1, -0.05) is 6.07 Å². The quantitative estimate of drug-likeness (QED) is 0.380. The van der Waals surface area contributed by atoms with Crippen LogP contribution in [0.2, 0.25) is 0 Å². The molecule has 2 aliphatic heterocycles. The number of aryl methyl sites for hydroxylation is 2. The minimum absolute atomic E-state index is 0.0553. The highest BCUT2D eigenvalue weighted by Crippen LogP contribution is 2.33. The smallest absolute Gasteiger partial charge is 0.444 e. The first-order chi connectivity index (χ1) is 19.0. The molecule has 1 N–H and O–H groups in total. The molecule has 226 valence electrons. The lowest BCUT2D eigenvalue weighted by Crippen LogP contribution is -2.48. The Labute approximate surface area is 238 Å². The zero-order valence-electron chi connectivity index (χ0n) is 23.8. The molecule has 0 saturated carbocycles. The van der Waals surface area contributed by atoms with Crippen molar-refractivity contribution in [3.05, 3.63) is 40.6 Å². The van der Waals surface area contributed by atoms with Crippen molar-refractivity contribution in [2.75, 3.05) is 31.5 Å². The first-order valence-corrected chi connectivity index (χ1v) is 14.9. The van der Waals surface area contributed by atoms with Crippen LogP contribution in [0.15, 0.2) is 18.2 Å². The Morgan fingerprint density at radius 2 is 1.59 bits per heavy atom. The normalized spacial score (nSPS) is 17.5. The maximum atomic E-state index is 13.2. The molecule has 1 saturated heterocycles. The number of aromatic nitrogens is 2. The van der Waals surface area contributed by atoms with Crippen LogP contribution in [0.3, 0.4) is 0 Å². The number of carbonyl (C=O) groups is 1. The van der Waals surface area contributed by atoms with Crippen LogP contribution in [0, 0.1) is 13.8 Å². The lowest BCUT2D eigenvalue weighted by molar-refractivity contribution is -0.0501. The summed E-state index contributed by atoms with van der Waals surface area (Å²) in [6.07, 6.45) is 1.60. The summed E-state index contributed by atoms with van der Waals surface area (Å²) < 4.78 is 73.7. The summed E-state index contributed by atoms with van der Waals surface area (Å²) in [7, 11) is -5.94. The molecule has 1 amide bonds. The summed E-state index contributed by atoms with van der Waals surface area (Å²) in [5.41, 5.74) is -3.02. The third-order valence-electron chi connectivity index (χ3n) is 6.92. The molecule has 14 heteroatoms. The average molecular weight is 600 g/mol. The highest BCUT2D eigenvalue weighted by molar-refractivity contribution is 7.87. The van der Waals surface area contributed by atoms with Crippen molar-refractivity contribution in [2.24, 2.45) is 0 Å². The molecule has 0 radical (unpaired) electrons. The summed E-state index contributed by atoms with van der Waals surface area (Å²) in [5, 5.41) is 2.99. The number of carbonyl (C=O) groups excluding carboxylic acids is 1. The number of rotatable bonds is 5. The molecule has 1 aromatic carbocycles. The van der Waals surface area contributed by atoms with Crippen LogP contribution in [0.25, 0.3) is 0 Å². The maximum absolute atomic E-state index is 13.2. The Morgan fingerprint density at radius 1 is 0.976 bits per heavy atom. The van der Waals surface area contributed by atoms with Crippen LogP contribution in [0.4, 0.5) is 29.6 Å². The number of amides is 1. The third-order valence-corrected chi connectivity index (χ3v) is 7.87. The highest BCUT2D eigenvalue weighted by atomic mass is 32.2. The molecule has 0 aliphatic carbocycles. The van der Waals surface area contributed by atoms with E-state index >= 15 is 0 Å². The van der Waals surface area contributed by atoms with E-state index in [1.54, 1.807) is 4.90 Å². The fourth-order valence-electron chi connectivity index (χ4n) is 5.14. The van der Waals surface area contributed by atoms with Crippen molar-refractivity contribution >= 4 is 27.8 Å². The second-order valence-corrected chi connectivity index (χ2v) is 13.0. The molecule has 41 heavy (non-hydrogen) atoms. The lowest BCUT2D eigenvalue weighted by atomic mass is 10.0. The Balaban J connectivity index is 1.54. The first-order valence-electron chi connectivity index (χ1n) is 13.5. The molecule has 2 aliphatic rings. The van der Waals surface area contributed by atoms with Crippen molar-refractivity contribution in [3.8, 4) is 5.88 Å². The number of nitrogens with zero attached hydrogens (tertiary/aromatic N) is 4. The zero-order chi connectivity index (χ0) is 30.2. The molecule has 2 aromatic rings. The second kappa shape index (κ2) is 11.6. The molecular weight excluding hydrogens is 563 g/mol. The highest BCUT2D eigenvalue weighted by Gasteiger charge is 2.49. The molecule has 0 bridgehead atoms. The monoisotopic (exact) mass is 599 g/mol. The summed E-state index contributed by atoms with van der Waals surface area (Å²) in [6.45, 7) is 11.3. The zero-order valence-corrected chi connectivity index (χ0v) is 24.7. The number of halogens is 3. The van der Waals surface area contributed by atoms with Crippen LogP contribution in [0.5, 0.6) is 5.88 Å². The van der Waals surface area contributed by atoms with Crippen molar-refractivity contribution in [3.63, 3.8) is 0 Å². The number of piperidine rings is 1. The molecule has 1 aromatic heterocycles. The van der Waals surface area contributed by atoms with Gasteiger partial charge in [-0.05, 0) is 77.1 Å². The number of anilines is 2. The Kier molecular flexibility index (Phi) is 8.74. The van der Waals surface area contributed by atoms with Gasteiger partial charge in [0.15, 0.2) is 0 Å². The van der Waals surface area contributed by atoms with Gasteiger partial charge in [-0.2, -0.15) is 26.6 Å². The van der Waals surface area contributed by atoms with Gasteiger partial charge < -0.3 is 19.1 Å². The molecule has 0 unspecified atom stereocenters. The van der Waals surface area contributed by atoms with Crippen LogP contribution in [0.1, 0.15) is 56.0 Å². The maximum Gasteiger partial charge on any atom is 0.534 e. The number of hydrogen-bond acceptors (Lipinski definition) is 9. The van der Waals surface area contributed by atoms with Crippen LogP contribution in [-0.4, -0.2) is 77.6 Å². The number of benzene rings is 1. The number of fused-ring (bicyclic) bond motifs is 1. The first kappa shape index (κ1) is 30.8. The molecule has 0 atom stereocenters. The molecule has 3 heterocycles. The summed E-state index contributed by atoms with van der Waals surface area (Å²) in [5.74, 6) is -0.680. The van der Waals surface area contributed by atoms with Gasteiger partial charge in [-0.25, -0.2) is 9.78 Å². The van der Waals surface area contributed by atoms with Crippen molar-refractivity contribution in [1.82, 2.24) is 19.8 Å². The number of likely N-dealkylation sites (tertiary alicyclic amines) is 1. The van der Waals surface area contributed by atoms with E-state index in [4.69, 9.17) is 4.74 Å². The standard InChI is InChI=1S/C27H36F3N5O5S/c1-17-14-18(2)16-19(15-17)31-24-32-22-9-13-34(20-6-10-35(11-7-20)25(36)39-26(3,4)5)12-8-21(22)23(33-24)40-41(37,38)27(28,29)30/h14-16,20H,6-13H2,1-5H3,(H,31,32,33). The van der Waals surface area contributed by atoms with E-state index in [1.165, 1.54) is 0 Å². The fourth-order valence-corrected chi connectivity index (χ4v) is 5.58. The van der Waals surface area contributed by atoms with Gasteiger partial charge in [0.05, 0.1) is 5.69 Å². The number of nitrogens with one attached hydrogen (secondary N) is 1. The number of ether oxygens (including phenoxy) is 1. The van der Waals surface area contributed by atoms with E-state index in [0.29, 0.717) is 56.8 Å². The topological polar surface area (TPSA) is 114 Å². The largest absolute Gasteiger partial charge is 0.534 e. The molecule has 0 spiro atoms. The Bertz CT molecular complexity index is 1370. The van der Waals surface area contributed by atoms with Gasteiger partial charge in [0.2, 0.25) is 11.8 Å². The minimum atomic E-state index is -5.94. The van der Waals surface area contributed by atoms with E-state index in [-0.39, 0.29) is 30.1 Å². The number of alkyl halides is 3. The van der Waals surface area contributed by atoms with Gasteiger partial charge in [-0.3, -0.25) is 4.90 Å². The van der Waals surface area contributed by atoms with Gasteiger partial charge in [0, 0.05) is 49.9 Å². The van der Waals surface area contributed by atoms with E-state index in [1.807, 2.05) is 52.8 Å². The fraction of sp³-hybridized carbons (Fsp3) is 0.593. The lowest BCUT2D eigenvalue weighted by Gasteiger charge is -2.38. The Hall–Kier alpha value is -3.13. The van der Waals surface area contributed by atoms with Gasteiger partial charge in [-0.15, -0.1) is 0 Å². The average Bonchev–Trinajstić information content (AvgIpc) is 3.04. The predicted molar refractivity (Wildman–Crippen MR) is 147 cm³/mol. The van der Waals surface area contributed by atoms with Gasteiger partial charge in [0.1, 0.15) is 5.60 Å². The second-order valence-electron chi connectivity index (χ2n) is 11.5. The van der Waals surface area contributed by atoms with E-state index in [0.717, 1.165) is 11.1 Å². The molecule has 10 nitrogen and oxygen atoms in total. The summed E-state index contributed by atoms with van der Waals surface area (Å²) in [4.78, 5) is 25.0. The van der Waals surface area contributed by atoms with Crippen LogP contribution >= 0.6 is 0 Å². The Morgan fingerprint density at radius 3 is 2.17 bits per heavy atom. The van der Waals surface area contributed by atoms with Crippen molar-refractivity contribution < 1.29 is 35.3 Å². The van der Waals surface area contributed by atoms with Crippen molar-refractivity contribution in [1.29, 1.82) is 0 Å². The van der Waals surface area contributed by atoms with Gasteiger partial charge >= 0.3 is 21.7 Å². The van der Waals surface area contributed by atoms with Crippen LogP contribution in [-0.2, 0) is 27.7 Å². The SMILES string of the molecule is Cc1cc(C)cc(Nc2nc3c(c(OS(=O)(=O)C(F)(F)F)n2)CCN(C2CCN(C(=O)OC(C)(C)C)CC2)CC3)c1. The van der Waals surface area contributed by atoms with E-state index < -0.39 is 27.1 Å². The van der Waals surface area contributed by atoms with Gasteiger partial charge in [0.25, 0.3) is 0 Å². The summed E-state index contributed by atoms with van der Waals surface area (Å²) >= 11 is 0. The predicted octanol–water partition coefficient (Wildman–Crippen LogP) is 4.87. The molecule has 1 fully saturated rings. The third kappa shape index (κ3) is 7.79. The summed E-state index contributed by atoms with van der Waals surface area (Å²) in [6, 6.07) is 5.73. The van der Waals surface area contributed by atoms with E-state index in [2.05, 4.69) is 24.4 Å².